The summed E-state index contributed by atoms with van der Waals surface area (Å²) in [4.78, 5) is 34.1. The molecule has 6 nitrogen and oxygen atoms in total. The lowest BCUT2D eigenvalue weighted by Gasteiger charge is -2.21. The van der Waals surface area contributed by atoms with Crippen LogP contribution >= 0.6 is 0 Å². The Bertz CT molecular complexity index is 1030. The molecule has 0 unspecified atom stereocenters. The number of para-hydroxylation sites is 1. The molecule has 3 rings (SSSR count). The number of carbonyl (C=O) groups excluding carboxylic acids is 1. The van der Waals surface area contributed by atoms with E-state index in [1.807, 2.05) is 36.9 Å². The molecule has 0 radical (unpaired) electrons. The smallest absolute Gasteiger partial charge is 0.258 e. The van der Waals surface area contributed by atoms with Crippen LogP contribution in [0.2, 0.25) is 0 Å². The number of amides is 1. The maximum Gasteiger partial charge on any atom is 0.258 e. The van der Waals surface area contributed by atoms with Crippen molar-refractivity contribution in [3.05, 3.63) is 75.8 Å². The highest BCUT2D eigenvalue weighted by atomic mass is 16.2. The third-order valence-electron chi connectivity index (χ3n) is 5.12. The highest BCUT2D eigenvalue weighted by molar-refractivity contribution is 5.78. The minimum atomic E-state index is -0.157. The van der Waals surface area contributed by atoms with Gasteiger partial charge in [0, 0.05) is 0 Å². The Labute approximate surface area is 171 Å². The summed E-state index contributed by atoms with van der Waals surface area (Å²) < 4.78 is 0. The van der Waals surface area contributed by atoms with Crippen molar-refractivity contribution in [1.82, 2.24) is 20.2 Å². The Hall–Kier alpha value is -2.99. The molecule has 1 aromatic heterocycles. The largest absolute Gasteiger partial charge is 0.348 e. The van der Waals surface area contributed by atoms with Gasteiger partial charge in [-0.15, -0.1) is 0 Å². The van der Waals surface area contributed by atoms with Crippen LogP contribution in [0.25, 0.3) is 10.9 Å². The number of nitrogens with zero attached hydrogens (tertiary/aromatic N) is 2. The summed E-state index contributed by atoms with van der Waals surface area (Å²) >= 11 is 0. The first-order valence-electron chi connectivity index (χ1n) is 10.1. The van der Waals surface area contributed by atoms with Crippen LogP contribution < -0.4 is 10.9 Å². The van der Waals surface area contributed by atoms with Gasteiger partial charge in [0.15, 0.2) is 0 Å². The van der Waals surface area contributed by atoms with Gasteiger partial charge in [0.1, 0.15) is 5.82 Å². The minimum absolute atomic E-state index is 0.0537. The van der Waals surface area contributed by atoms with Crippen LogP contribution in [-0.2, 0) is 17.8 Å². The van der Waals surface area contributed by atoms with Gasteiger partial charge in [-0.3, -0.25) is 14.5 Å². The van der Waals surface area contributed by atoms with Gasteiger partial charge in [-0.05, 0) is 43.1 Å². The van der Waals surface area contributed by atoms with E-state index in [1.54, 1.807) is 6.07 Å². The van der Waals surface area contributed by atoms with Crippen molar-refractivity contribution in [2.45, 2.75) is 39.8 Å². The highest BCUT2D eigenvalue weighted by Gasteiger charge is 2.15. The lowest BCUT2D eigenvalue weighted by Crippen LogP contribution is -2.38. The number of fused-ring (bicyclic) bond motifs is 1. The van der Waals surface area contributed by atoms with Crippen molar-refractivity contribution in [2.24, 2.45) is 0 Å². The van der Waals surface area contributed by atoms with Gasteiger partial charge >= 0.3 is 0 Å². The van der Waals surface area contributed by atoms with Crippen molar-refractivity contribution >= 4 is 16.8 Å². The number of hydrogen-bond acceptors (Lipinski definition) is 4. The van der Waals surface area contributed by atoms with E-state index < -0.39 is 0 Å². The second-order valence-corrected chi connectivity index (χ2v) is 7.22. The van der Waals surface area contributed by atoms with Gasteiger partial charge in [-0.25, -0.2) is 4.98 Å². The molecule has 2 N–H and O–H groups in total. The molecule has 29 heavy (non-hydrogen) atoms. The standard InChI is InChI=1S/C23H28N4O2/c1-4-17-10-12-18(13-11-17)16(3)24-22(28)15-27(5-2)14-21-25-20-9-7-6-8-19(20)23(29)26-21/h6-13,16H,4-5,14-15H2,1-3H3,(H,24,28)(H,25,26,29)/t16-/m1/s1. The van der Waals surface area contributed by atoms with Crippen LogP contribution in [0.15, 0.2) is 53.3 Å². The van der Waals surface area contributed by atoms with Crippen LogP contribution in [0.5, 0.6) is 0 Å². The minimum Gasteiger partial charge on any atom is -0.348 e. The molecule has 0 bridgehead atoms. The predicted octanol–water partition coefficient (Wildman–Crippen LogP) is 3.18. The van der Waals surface area contributed by atoms with Gasteiger partial charge < -0.3 is 10.3 Å². The first-order chi connectivity index (χ1) is 14.0. The van der Waals surface area contributed by atoms with Crippen molar-refractivity contribution in [2.75, 3.05) is 13.1 Å². The van der Waals surface area contributed by atoms with Crippen molar-refractivity contribution in [3.8, 4) is 0 Å². The zero-order chi connectivity index (χ0) is 20.8. The number of aromatic amines is 1. The molecule has 1 atom stereocenters. The summed E-state index contributed by atoms with van der Waals surface area (Å²) in [6.07, 6.45) is 0.997. The number of rotatable bonds is 8. The fourth-order valence-corrected chi connectivity index (χ4v) is 3.32. The van der Waals surface area contributed by atoms with E-state index in [-0.39, 0.29) is 24.1 Å². The van der Waals surface area contributed by atoms with Crippen molar-refractivity contribution in [1.29, 1.82) is 0 Å². The number of H-pyrrole nitrogens is 1. The van der Waals surface area contributed by atoms with Crippen LogP contribution in [0.4, 0.5) is 0 Å². The van der Waals surface area contributed by atoms with E-state index in [9.17, 15) is 9.59 Å². The van der Waals surface area contributed by atoms with Crippen LogP contribution in [0.3, 0.4) is 0 Å². The lowest BCUT2D eigenvalue weighted by molar-refractivity contribution is -0.123. The van der Waals surface area contributed by atoms with Gasteiger partial charge in [-0.2, -0.15) is 0 Å². The molecule has 3 aromatic rings. The third kappa shape index (κ3) is 5.29. The summed E-state index contributed by atoms with van der Waals surface area (Å²) in [6, 6.07) is 15.5. The Kier molecular flexibility index (Phi) is 6.77. The second-order valence-electron chi connectivity index (χ2n) is 7.22. The van der Waals surface area contributed by atoms with Gasteiger partial charge in [0.25, 0.3) is 5.56 Å². The van der Waals surface area contributed by atoms with E-state index in [0.29, 0.717) is 29.8 Å². The second kappa shape index (κ2) is 9.47. The molecule has 6 heteroatoms. The average molecular weight is 393 g/mol. The number of nitrogens with one attached hydrogen (secondary N) is 2. The fourth-order valence-electron chi connectivity index (χ4n) is 3.32. The Morgan fingerprint density at radius 3 is 2.55 bits per heavy atom. The molecule has 1 amide bonds. The normalized spacial score (nSPS) is 12.3. The zero-order valence-corrected chi connectivity index (χ0v) is 17.2. The van der Waals surface area contributed by atoms with Crippen LogP contribution in [-0.4, -0.2) is 33.9 Å². The molecule has 0 saturated heterocycles. The van der Waals surface area contributed by atoms with Crippen molar-refractivity contribution in [3.63, 3.8) is 0 Å². The Morgan fingerprint density at radius 2 is 1.86 bits per heavy atom. The maximum absolute atomic E-state index is 12.5. The molecular weight excluding hydrogens is 364 g/mol. The lowest BCUT2D eigenvalue weighted by atomic mass is 10.1. The van der Waals surface area contributed by atoms with E-state index in [2.05, 4.69) is 46.5 Å². The van der Waals surface area contributed by atoms with E-state index in [1.165, 1.54) is 5.56 Å². The topological polar surface area (TPSA) is 78.1 Å². The summed E-state index contributed by atoms with van der Waals surface area (Å²) in [6.45, 7) is 7.41. The number of aromatic nitrogens is 2. The van der Waals surface area contributed by atoms with Gasteiger partial charge in [0.05, 0.1) is 30.0 Å². The molecule has 2 aromatic carbocycles. The molecule has 1 heterocycles. The first-order valence-corrected chi connectivity index (χ1v) is 10.1. The summed E-state index contributed by atoms with van der Waals surface area (Å²) in [5.41, 5.74) is 2.87. The molecule has 0 aliphatic rings. The summed E-state index contributed by atoms with van der Waals surface area (Å²) in [5, 5.41) is 3.62. The van der Waals surface area contributed by atoms with Gasteiger partial charge in [0.2, 0.25) is 5.91 Å². The molecule has 0 spiro atoms. The monoisotopic (exact) mass is 392 g/mol. The predicted molar refractivity (Wildman–Crippen MR) is 116 cm³/mol. The van der Waals surface area contributed by atoms with Crippen molar-refractivity contribution < 1.29 is 4.79 Å². The first kappa shape index (κ1) is 20.7. The Morgan fingerprint density at radius 1 is 1.14 bits per heavy atom. The number of aryl methyl sites for hydroxylation is 1. The zero-order valence-electron chi connectivity index (χ0n) is 17.2. The van der Waals surface area contributed by atoms with Crippen LogP contribution in [0.1, 0.15) is 43.8 Å². The SMILES string of the molecule is CCc1ccc([C@@H](C)NC(=O)CN(CC)Cc2nc3ccccc3c(=O)[nH]2)cc1. The summed E-state index contributed by atoms with van der Waals surface area (Å²) in [7, 11) is 0. The molecule has 152 valence electrons. The maximum atomic E-state index is 12.5. The molecule has 0 fully saturated rings. The van der Waals surface area contributed by atoms with Gasteiger partial charge in [-0.1, -0.05) is 50.2 Å². The number of hydrogen-bond donors (Lipinski definition) is 2. The number of carbonyl (C=O) groups is 1. The third-order valence-corrected chi connectivity index (χ3v) is 5.12. The van der Waals surface area contributed by atoms with E-state index >= 15 is 0 Å². The molecular formula is C23H28N4O2. The number of benzene rings is 2. The highest BCUT2D eigenvalue weighted by Crippen LogP contribution is 2.14. The summed E-state index contributed by atoms with van der Waals surface area (Å²) in [5.74, 6) is 0.508. The quantitative estimate of drug-likeness (QED) is 0.617. The fraction of sp³-hybridized carbons (Fsp3) is 0.348. The molecule has 0 saturated carbocycles. The number of likely N-dealkylation sites (N-methyl/N-ethyl adjacent to an activating group) is 1. The molecule has 0 aliphatic heterocycles. The van der Waals surface area contributed by atoms with E-state index in [4.69, 9.17) is 0 Å². The Balaban J connectivity index is 1.63. The molecule has 0 aliphatic carbocycles. The van der Waals surface area contributed by atoms with E-state index in [0.717, 1.165) is 12.0 Å². The van der Waals surface area contributed by atoms with Crippen LogP contribution in [0, 0.1) is 0 Å². The average Bonchev–Trinajstić information content (AvgIpc) is 2.73.